The topological polar surface area (TPSA) is 252 Å². The largest absolute Gasteiger partial charge is 0.481 e. The van der Waals surface area contributed by atoms with Crippen molar-refractivity contribution in [2.24, 2.45) is 34.0 Å². The number of aliphatic carboxylic acids is 2. The van der Waals surface area contributed by atoms with Crippen LogP contribution in [0.1, 0.15) is 59.8 Å². The summed E-state index contributed by atoms with van der Waals surface area (Å²) in [7, 11) is 0. The van der Waals surface area contributed by atoms with Crippen LogP contribution >= 0.6 is 0 Å². The quantitative estimate of drug-likeness (QED) is 0.0630. The molecule has 11 N–H and O–H groups in total. The molecule has 0 rings (SSSR count). The fourth-order valence-electron chi connectivity index (χ4n) is 3.22. The predicted octanol–water partition coefficient (Wildman–Crippen LogP) is -1.53. The van der Waals surface area contributed by atoms with Gasteiger partial charge in [-0.15, -0.1) is 0 Å². The smallest absolute Gasteiger partial charge is 0.326 e. The van der Waals surface area contributed by atoms with Gasteiger partial charge in [-0.3, -0.25) is 24.2 Å². The first-order chi connectivity index (χ1) is 16.7. The fraction of sp³-hybridized carbons (Fsp3) is 0.727. The Kier molecular flexibility index (Phi) is 14.7. The van der Waals surface area contributed by atoms with Crippen LogP contribution < -0.4 is 33.2 Å². The first-order valence-electron chi connectivity index (χ1n) is 11.9. The summed E-state index contributed by atoms with van der Waals surface area (Å²) in [6.45, 7) is 7.45. The molecule has 0 aliphatic rings. The monoisotopic (exact) mass is 515 g/mol. The van der Waals surface area contributed by atoms with Crippen LogP contribution in [0.2, 0.25) is 0 Å². The maximum absolute atomic E-state index is 13.1. The molecule has 0 bridgehead atoms. The van der Waals surface area contributed by atoms with E-state index in [4.69, 9.17) is 22.3 Å². The minimum Gasteiger partial charge on any atom is -0.481 e. The molecule has 3 amide bonds. The molecule has 0 fully saturated rings. The van der Waals surface area contributed by atoms with Crippen molar-refractivity contribution in [3.05, 3.63) is 0 Å². The van der Waals surface area contributed by atoms with Crippen molar-refractivity contribution >= 4 is 35.6 Å². The molecule has 5 unspecified atom stereocenters. The number of hydrogen-bond donors (Lipinski definition) is 8. The molecule has 0 radical (unpaired) electrons. The summed E-state index contributed by atoms with van der Waals surface area (Å²) in [6, 6.07) is -4.74. The van der Waals surface area contributed by atoms with Gasteiger partial charge in [0, 0.05) is 6.54 Å². The highest BCUT2D eigenvalue weighted by Crippen LogP contribution is 2.12. The molecule has 14 nitrogen and oxygen atoms in total. The van der Waals surface area contributed by atoms with Crippen molar-refractivity contribution in [2.45, 2.75) is 84.0 Å². The number of carbonyl (C=O) groups is 5. The van der Waals surface area contributed by atoms with Gasteiger partial charge in [-0.1, -0.05) is 34.1 Å². The van der Waals surface area contributed by atoms with E-state index in [-0.39, 0.29) is 24.7 Å². The van der Waals surface area contributed by atoms with Crippen LogP contribution in [0.15, 0.2) is 4.99 Å². The number of carboxylic acid groups (broad SMARTS) is 2. The molecule has 0 aromatic heterocycles. The van der Waals surface area contributed by atoms with Gasteiger partial charge in [0.25, 0.3) is 0 Å². The highest BCUT2D eigenvalue weighted by molar-refractivity contribution is 5.94. The van der Waals surface area contributed by atoms with Crippen LogP contribution in [0.4, 0.5) is 0 Å². The van der Waals surface area contributed by atoms with Crippen LogP contribution in [-0.4, -0.2) is 76.5 Å². The summed E-state index contributed by atoms with van der Waals surface area (Å²) in [6.07, 6.45) is 0.609. The Labute approximate surface area is 210 Å². The lowest BCUT2D eigenvalue weighted by molar-refractivity contribution is -0.147. The Balaban J connectivity index is 5.47. The van der Waals surface area contributed by atoms with Crippen LogP contribution in [-0.2, 0) is 24.0 Å². The Hall–Kier alpha value is -3.42. The van der Waals surface area contributed by atoms with Crippen molar-refractivity contribution in [2.75, 3.05) is 6.54 Å². The van der Waals surface area contributed by atoms with Gasteiger partial charge in [0.2, 0.25) is 17.7 Å². The van der Waals surface area contributed by atoms with E-state index in [1.807, 2.05) is 13.8 Å². The predicted molar refractivity (Wildman–Crippen MR) is 132 cm³/mol. The molecule has 5 atom stereocenters. The van der Waals surface area contributed by atoms with Crippen LogP contribution in [0.5, 0.6) is 0 Å². The molecule has 36 heavy (non-hydrogen) atoms. The summed E-state index contributed by atoms with van der Waals surface area (Å²) >= 11 is 0. The molecule has 0 aromatic carbocycles. The maximum Gasteiger partial charge on any atom is 0.326 e. The van der Waals surface area contributed by atoms with Crippen molar-refractivity contribution in [3.8, 4) is 0 Å². The normalized spacial score (nSPS) is 15.1. The molecule has 0 aliphatic heterocycles. The fourth-order valence-corrected chi connectivity index (χ4v) is 3.22. The number of carboxylic acids is 2. The van der Waals surface area contributed by atoms with E-state index < -0.39 is 66.2 Å². The summed E-state index contributed by atoms with van der Waals surface area (Å²) in [5.74, 6) is -5.44. The number of guanidine groups is 1. The second kappa shape index (κ2) is 16.3. The molecule has 14 heteroatoms. The Morgan fingerprint density at radius 1 is 0.889 bits per heavy atom. The van der Waals surface area contributed by atoms with Gasteiger partial charge in [0.15, 0.2) is 5.96 Å². The van der Waals surface area contributed by atoms with Crippen molar-refractivity contribution in [3.63, 3.8) is 0 Å². The van der Waals surface area contributed by atoms with Gasteiger partial charge in [0.05, 0.1) is 12.5 Å². The zero-order valence-electron chi connectivity index (χ0n) is 21.3. The molecule has 206 valence electrons. The highest BCUT2D eigenvalue weighted by Gasteiger charge is 2.33. The van der Waals surface area contributed by atoms with E-state index in [0.29, 0.717) is 19.4 Å². The number of amides is 3. The second-order valence-corrected chi connectivity index (χ2v) is 9.12. The number of nitrogens with zero attached hydrogens (tertiary/aromatic N) is 1. The number of nitrogens with two attached hydrogens (primary N) is 3. The van der Waals surface area contributed by atoms with Crippen LogP contribution in [0.25, 0.3) is 0 Å². The van der Waals surface area contributed by atoms with Gasteiger partial charge >= 0.3 is 11.9 Å². The number of aliphatic imine (C=N–C) groups is 1. The standard InChI is InChI=1S/C22H41N7O7/c1-5-12(4)17(20(34)28-15(21(35)36)10-16(30)31)29-19(33)14(9-11(2)3)27-18(32)13(23)7-6-8-26-22(24)25/h11-15,17H,5-10,23H2,1-4H3,(H,27,32)(H,28,34)(H,29,33)(H,30,31)(H,35,36)(H4,24,25,26). The van der Waals surface area contributed by atoms with E-state index in [1.165, 1.54) is 0 Å². The molecular formula is C22H41N7O7. The number of rotatable bonds is 17. The minimum atomic E-state index is -1.67. The van der Waals surface area contributed by atoms with E-state index in [9.17, 15) is 29.1 Å². The zero-order valence-corrected chi connectivity index (χ0v) is 21.3. The highest BCUT2D eigenvalue weighted by atomic mass is 16.4. The molecule has 0 aliphatic carbocycles. The Morgan fingerprint density at radius 3 is 1.94 bits per heavy atom. The molecule has 0 saturated heterocycles. The van der Waals surface area contributed by atoms with E-state index >= 15 is 0 Å². The van der Waals surface area contributed by atoms with Crippen molar-refractivity contribution in [1.82, 2.24) is 16.0 Å². The lowest BCUT2D eigenvalue weighted by Crippen LogP contribution is -2.59. The zero-order chi connectivity index (χ0) is 28.0. The van der Waals surface area contributed by atoms with Gasteiger partial charge < -0.3 is 43.4 Å². The molecule has 0 saturated carbocycles. The van der Waals surface area contributed by atoms with E-state index in [1.54, 1.807) is 13.8 Å². The first kappa shape index (κ1) is 32.6. The summed E-state index contributed by atoms with van der Waals surface area (Å²) < 4.78 is 0. The second-order valence-electron chi connectivity index (χ2n) is 9.12. The number of hydrogen-bond acceptors (Lipinski definition) is 7. The first-order valence-corrected chi connectivity index (χ1v) is 11.9. The van der Waals surface area contributed by atoms with Gasteiger partial charge in [-0.05, 0) is 31.1 Å². The average Bonchev–Trinajstić information content (AvgIpc) is 2.77. The van der Waals surface area contributed by atoms with Gasteiger partial charge in [0.1, 0.15) is 18.1 Å². The Morgan fingerprint density at radius 2 is 1.47 bits per heavy atom. The van der Waals surface area contributed by atoms with Crippen molar-refractivity contribution < 1.29 is 34.2 Å². The third kappa shape index (κ3) is 12.9. The van der Waals surface area contributed by atoms with Crippen LogP contribution in [0, 0.1) is 11.8 Å². The van der Waals surface area contributed by atoms with Crippen molar-refractivity contribution in [1.29, 1.82) is 0 Å². The molecule has 0 spiro atoms. The summed E-state index contributed by atoms with van der Waals surface area (Å²) in [5.41, 5.74) is 16.4. The third-order valence-electron chi connectivity index (χ3n) is 5.43. The molecular weight excluding hydrogens is 474 g/mol. The molecule has 0 aromatic rings. The number of carbonyl (C=O) groups excluding carboxylic acids is 3. The average molecular weight is 516 g/mol. The van der Waals surface area contributed by atoms with E-state index in [2.05, 4.69) is 20.9 Å². The summed E-state index contributed by atoms with van der Waals surface area (Å²) in [4.78, 5) is 64.6. The SMILES string of the molecule is CCC(C)C(NC(=O)C(CC(C)C)NC(=O)C(N)CCCN=C(N)N)C(=O)NC(CC(=O)O)C(=O)O. The maximum atomic E-state index is 13.1. The summed E-state index contributed by atoms with van der Waals surface area (Å²) in [5, 5.41) is 25.5. The van der Waals surface area contributed by atoms with E-state index in [0.717, 1.165) is 0 Å². The van der Waals surface area contributed by atoms with Gasteiger partial charge in [-0.2, -0.15) is 0 Å². The minimum absolute atomic E-state index is 0.00183. The van der Waals surface area contributed by atoms with Crippen LogP contribution in [0.3, 0.4) is 0 Å². The Bertz CT molecular complexity index is 800. The molecule has 0 heterocycles. The lowest BCUT2D eigenvalue weighted by atomic mass is 9.96. The number of nitrogens with one attached hydrogen (secondary N) is 3. The lowest BCUT2D eigenvalue weighted by Gasteiger charge is -2.28. The van der Waals surface area contributed by atoms with Gasteiger partial charge in [-0.25, -0.2) is 4.79 Å². The third-order valence-corrected chi connectivity index (χ3v) is 5.43.